The van der Waals surface area contributed by atoms with Crippen LogP contribution in [0.1, 0.15) is 108 Å². The maximum atomic E-state index is 2.62. The number of hydrogen-bond donors (Lipinski definition) is 0. The summed E-state index contributed by atoms with van der Waals surface area (Å²) in [6, 6.07) is 0. The van der Waals surface area contributed by atoms with Gasteiger partial charge in [0.15, 0.2) is 0 Å². The van der Waals surface area contributed by atoms with Gasteiger partial charge in [0.05, 0.1) is 0 Å². The Bertz CT molecular complexity index is 514. The van der Waals surface area contributed by atoms with Gasteiger partial charge in [0, 0.05) is 0 Å². The van der Waals surface area contributed by atoms with Gasteiger partial charge in [0.2, 0.25) is 0 Å². The van der Waals surface area contributed by atoms with Crippen LogP contribution in [-0.4, -0.2) is 0 Å². The standard InChI is InChI=1S/C26H48/c1-11-23(7,21(6)14-13-19(2)3)15-12-16-24(8)18-26(24,10)25(9)17-22(25)20(4)5/h12,16,19-22H,11,13-15,17-18H2,1-10H3. The summed E-state index contributed by atoms with van der Waals surface area (Å²) >= 11 is 0. The van der Waals surface area contributed by atoms with Crippen molar-refractivity contribution in [1.29, 1.82) is 0 Å². The van der Waals surface area contributed by atoms with Crippen LogP contribution >= 0.6 is 0 Å². The van der Waals surface area contributed by atoms with E-state index in [0.717, 1.165) is 23.7 Å². The first-order valence-corrected chi connectivity index (χ1v) is 11.5. The van der Waals surface area contributed by atoms with E-state index in [9.17, 15) is 0 Å². The molecule has 0 aromatic rings. The summed E-state index contributed by atoms with van der Waals surface area (Å²) in [7, 11) is 0. The zero-order valence-electron chi connectivity index (χ0n) is 19.7. The fourth-order valence-electron chi connectivity index (χ4n) is 6.01. The summed E-state index contributed by atoms with van der Waals surface area (Å²) in [6.07, 6.45) is 13.3. The van der Waals surface area contributed by atoms with Crippen molar-refractivity contribution in [2.45, 2.75) is 108 Å². The van der Waals surface area contributed by atoms with Crippen LogP contribution in [0, 0.1) is 45.3 Å². The van der Waals surface area contributed by atoms with E-state index in [1.807, 2.05) is 0 Å². The lowest BCUT2D eigenvalue weighted by Gasteiger charge is -2.35. The van der Waals surface area contributed by atoms with Gasteiger partial charge in [-0.1, -0.05) is 94.2 Å². The predicted molar refractivity (Wildman–Crippen MR) is 117 cm³/mol. The molecule has 0 spiro atoms. The van der Waals surface area contributed by atoms with Crippen LogP contribution in [-0.2, 0) is 0 Å². The summed E-state index contributed by atoms with van der Waals surface area (Å²) in [5, 5.41) is 0. The SMILES string of the molecule is CCC(C)(CC=CC1(C)CC1(C)C1(C)CC1C(C)C)C(C)CCC(C)C. The van der Waals surface area contributed by atoms with E-state index in [-0.39, 0.29) is 0 Å². The Morgan fingerprint density at radius 2 is 1.65 bits per heavy atom. The second-order valence-corrected chi connectivity index (χ2v) is 11.9. The Morgan fingerprint density at radius 1 is 1.04 bits per heavy atom. The van der Waals surface area contributed by atoms with E-state index in [4.69, 9.17) is 0 Å². The van der Waals surface area contributed by atoms with Gasteiger partial charge in [-0.2, -0.15) is 0 Å². The first-order valence-electron chi connectivity index (χ1n) is 11.5. The fourth-order valence-corrected chi connectivity index (χ4v) is 6.01. The smallest absolute Gasteiger partial charge is 0.00814 e. The quantitative estimate of drug-likeness (QED) is 0.342. The molecule has 0 nitrogen and oxygen atoms in total. The van der Waals surface area contributed by atoms with E-state index in [2.05, 4.69) is 81.4 Å². The number of allylic oxidation sites excluding steroid dienone is 2. The first-order chi connectivity index (χ1) is 11.9. The Balaban J connectivity index is 1.97. The van der Waals surface area contributed by atoms with Crippen LogP contribution in [0.25, 0.3) is 0 Å². The van der Waals surface area contributed by atoms with Gasteiger partial charge in [-0.25, -0.2) is 0 Å². The van der Waals surface area contributed by atoms with Crippen LogP contribution in [0.2, 0.25) is 0 Å². The van der Waals surface area contributed by atoms with Gasteiger partial charge in [0.1, 0.15) is 0 Å². The van der Waals surface area contributed by atoms with Gasteiger partial charge in [-0.3, -0.25) is 0 Å². The molecule has 6 atom stereocenters. The lowest BCUT2D eigenvalue weighted by Crippen LogP contribution is -2.25. The van der Waals surface area contributed by atoms with Crippen LogP contribution in [0.4, 0.5) is 0 Å². The fraction of sp³-hybridized carbons (Fsp3) is 0.923. The highest BCUT2D eigenvalue weighted by atomic mass is 14.8. The predicted octanol–water partition coefficient (Wildman–Crippen LogP) is 8.52. The molecule has 0 heteroatoms. The maximum Gasteiger partial charge on any atom is -0.00814 e. The molecule has 0 saturated heterocycles. The second kappa shape index (κ2) is 7.29. The normalized spacial score (nSPS) is 40.2. The van der Waals surface area contributed by atoms with Gasteiger partial charge >= 0.3 is 0 Å². The number of hydrogen-bond acceptors (Lipinski definition) is 0. The molecule has 152 valence electrons. The van der Waals surface area contributed by atoms with E-state index in [1.54, 1.807) is 0 Å². The van der Waals surface area contributed by atoms with Gasteiger partial charge in [-0.15, -0.1) is 0 Å². The highest BCUT2D eigenvalue weighted by Gasteiger charge is 2.75. The molecule has 26 heavy (non-hydrogen) atoms. The molecule has 0 aromatic heterocycles. The van der Waals surface area contributed by atoms with E-state index in [0.29, 0.717) is 21.7 Å². The van der Waals surface area contributed by atoms with Crippen molar-refractivity contribution in [3.63, 3.8) is 0 Å². The molecule has 2 saturated carbocycles. The number of rotatable bonds is 10. The van der Waals surface area contributed by atoms with Crippen molar-refractivity contribution in [3.05, 3.63) is 12.2 Å². The third-order valence-corrected chi connectivity index (χ3v) is 9.47. The van der Waals surface area contributed by atoms with Gasteiger partial charge in [-0.05, 0) is 71.0 Å². The highest BCUT2D eigenvalue weighted by Crippen LogP contribution is 2.82. The van der Waals surface area contributed by atoms with Crippen LogP contribution < -0.4 is 0 Å². The van der Waals surface area contributed by atoms with Gasteiger partial charge in [0.25, 0.3) is 0 Å². The third kappa shape index (κ3) is 3.81. The molecule has 2 fully saturated rings. The molecule has 2 aliphatic rings. The minimum atomic E-state index is 0.432. The molecule has 6 unspecified atom stereocenters. The Morgan fingerprint density at radius 3 is 2.12 bits per heavy atom. The topological polar surface area (TPSA) is 0 Å². The Labute approximate surface area is 165 Å². The summed E-state index contributed by atoms with van der Waals surface area (Å²) < 4.78 is 0. The molecule has 2 rings (SSSR count). The van der Waals surface area contributed by atoms with Gasteiger partial charge < -0.3 is 0 Å². The first kappa shape index (κ1) is 22.0. The zero-order chi connectivity index (χ0) is 20.0. The third-order valence-electron chi connectivity index (χ3n) is 9.47. The molecule has 0 aromatic carbocycles. The van der Waals surface area contributed by atoms with Crippen molar-refractivity contribution in [2.24, 2.45) is 45.3 Å². The minimum absolute atomic E-state index is 0.432. The van der Waals surface area contributed by atoms with E-state index >= 15 is 0 Å². The highest BCUT2D eigenvalue weighted by molar-refractivity contribution is 5.29. The van der Waals surface area contributed by atoms with Crippen molar-refractivity contribution in [3.8, 4) is 0 Å². The van der Waals surface area contributed by atoms with Crippen molar-refractivity contribution >= 4 is 0 Å². The monoisotopic (exact) mass is 360 g/mol. The van der Waals surface area contributed by atoms with E-state index in [1.165, 1.54) is 38.5 Å². The lowest BCUT2D eigenvalue weighted by molar-refractivity contribution is 0.176. The molecule has 0 heterocycles. The Kier molecular flexibility index (Phi) is 6.18. The Hall–Kier alpha value is -0.260. The molecular weight excluding hydrogens is 312 g/mol. The minimum Gasteiger partial charge on any atom is -0.0874 e. The van der Waals surface area contributed by atoms with Crippen LogP contribution in [0.3, 0.4) is 0 Å². The lowest BCUT2D eigenvalue weighted by atomic mass is 9.70. The average Bonchev–Trinajstić information content (AvgIpc) is 3.40. The molecule has 0 bridgehead atoms. The molecular formula is C26H48. The second-order valence-electron chi connectivity index (χ2n) is 11.9. The van der Waals surface area contributed by atoms with Crippen molar-refractivity contribution in [2.75, 3.05) is 0 Å². The molecule has 0 radical (unpaired) electrons. The molecule has 0 N–H and O–H groups in total. The summed E-state index contributed by atoms with van der Waals surface area (Å²) in [5.41, 5.74) is 1.99. The zero-order valence-corrected chi connectivity index (χ0v) is 19.7. The molecule has 0 aliphatic heterocycles. The summed E-state index contributed by atoms with van der Waals surface area (Å²) in [5.74, 6) is 3.42. The summed E-state index contributed by atoms with van der Waals surface area (Å²) in [4.78, 5) is 0. The van der Waals surface area contributed by atoms with Crippen molar-refractivity contribution < 1.29 is 0 Å². The maximum absolute atomic E-state index is 2.62. The summed E-state index contributed by atoms with van der Waals surface area (Å²) in [6.45, 7) is 24.6. The molecule has 2 aliphatic carbocycles. The van der Waals surface area contributed by atoms with Crippen molar-refractivity contribution in [1.82, 2.24) is 0 Å². The molecule has 0 amide bonds. The van der Waals surface area contributed by atoms with Crippen LogP contribution in [0.5, 0.6) is 0 Å². The van der Waals surface area contributed by atoms with Crippen LogP contribution in [0.15, 0.2) is 12.2 Å². The average molecular weight is 361 g/mol. The van der Waals surface area contributed by atoms with E-state index < -0.39 is 0 Å². The largest absolute Gasteiger partial charge is 0.0874 e.